The third kappa shape index (κ3) is 1.23. The highest BCUT2D eigenvalue weighted by Crippen LogP contribution is 2.28. The topological polar surface area (TPSA) is 15.3 Å². The summed E-state index contributed by atoms with van der Waals surface area (Å²) in [5.74, 6) is 0. The number of hydrazine groups is 1. The minimum absolute atomic E-state index is 0.674. The van der Waals surface area contributed by atoms with Crippen molar-refractivity contribution in [2.24, 2.45) is 0 Å². The van der Waals surface area contributed by atoms with Crippen LogP contribution < -0.4 is 5.43 Å². The molecule has 1 radical (unpaired) electrons. The average molecular weight is 151 g/mol. The van der Waals surface area contributed by atoms with E-state index in [0.717, 1.165) is 11.1 Å². The molecule has 0 aromatic carbocycles. The first-order valence-electron chi connectivity index (χ1n) is 2.62. The maximum atomic E-state index is 11.8. The molecule has 0 unspecified atom stereocenters. The van der Waals surface area contributed by atoms with Crippen molar-refractivity contribution < 1.29 is 13.2 Å². The zero-order valence-corrected chi connectivity index (χ0v) is 5.24. The van der Waals surface area contributed by atoms with E-state index in [1.807, 2.05) is 0 Å². The molecule has 0 aromatic heterocycles. The Balaban J connectivity index is 2.72. The van der Waals surface area contributed by atoms with Crippen molar-refractivity contribution in [2.45, 2.75) is 6.18 Å². The normalized spacial score (nSPS) is 19.6. The highest BCUT2D eigenvalue weighted by atomic mass is 19.4. The Morgan fingerprint density at radius 3 is 2.30 bits per heavy atom. The van der Waals surface area contributed by atoms with Gasteiger partial charge in [-0.05, 0) is 6.08 Å². The fourth-order valence-corrected chi connectivity index (χ4v) is 0.694. The second-order valence-electron chi connectivity index (χ2n) is 1.90. The number of alkyl halides is 3. The van der Waals surface area contributed by atoms with Crippen LogP contribution in [0.25, 0.3) is 0 Å². The Morgan fingerprint density at radius 2 is 2.10 bits per heavy atom. The van der Waals surface area contributed by atoms with E-state index in [9.17, 15) is 13.2 Å². The third-order valence-corrected chi connectivity index (χ3v) is 1.16. The molecule has 0 bridgehead atoms. The monoisotopic (exact) mass is 151 g/mol. The standard InChI is InChI=1S/C5H6F3N2/c1-10-4(2-3-9-10)5(6,7)8/h2-3,9H,1H3. The zero-order valence-electron chi connectivity index (χ0n) is 5.24. The van der Waals surface area contributed by atoms with E-state index in [0.29, 0.717) is 0 Å². The Labute approximate surface area is 56.3 Å². The molecule has 0 spiro atoms. The summed E-state index contributed by atoms with van der Waals surface area (Å²) in [4.78, 5) is 0. The molecule has 0 saturated carbocycles. The highest BCUT2D eigenvalue weighted by Gasteiger charge is 2.38. The van der Waals surface area contributed by atoms with Crippen LogP contribution in [0.1, 0.15) is 0 Å². The van der Waals surface area contributed by atoms with Crippen LogP contribution in [0.15, 0.2) is 11.8 Å². The van der Waals surface area contributed by atoms with Crippen LogP contribution >= 0.6 is 0 Å². The van der Waals surface area contributed by atoms with E-state index >= 15 is 0 Å². The number of nitrogens with zero attached hydrogens (tertiary/aromatic N) is 1. The van der Waals surface area contributed by atoms with Gasteiger partial charge in [0.05, 0.1) is 6.54 Å². The summed E-state index contributed by atoms with van der Waals surface area (Å²) >= 11 is 0. The molecule has 57 valence electrons. The molecule has 1 N–H and O–H groups in total. The molecule has 0 aromatic rings. The van der Waals surface area contributed by atoms with Crippen LogP contribution in [0.4, 0.5) is 13.2 Å². The van der Waals surface area contributed by atoms with Gasteiger partial charge < -0.3 is 5.01 Å². The van der Waals surface area contributed by atoms with Crippen LogP contribution in [0.5, 0.6) is 0 Å². The van der Waals surface area contributed by atoms with Crippen molar-refractivity contribution in [2.75, 3.05) is 7.05 Å². The van der Waals surface area contributed by atoms with Gasteiger partial charge in [-0.1, -0.05) is 0 Å². The molecule has 1 aliphatic heterocycles. The van der Waals surface area contributed by atoms with Crippen LogP contribution in [0, 0.1) is 6.54 Å². The molecule has 1 rings (SSSR count). The van der Waals surface area contributed by atoms with Crippen molar-refractivity contribution in [1.29, 1.82) is 0 Å². The van der Waals surface area contributed by atoms with Crippen molar-refractivity contribution in [3.63, 3.8) is 0 Å². The Hall–Kier alpha value is -0.710. The molecule has 0 fully saturated rings. The first-order chi connectivity index (χ1) is 4.52. The highest BCUT2D eigenvalue weighted by molar-refractivity contribution is 5.15. The predicted octanol–water partition coefficient (Wildman–Crippen LogP) is 1.04. The maximum absolute atomic E-state index is 11.8. The second kappa shape index (κ2) is 2.16. The van der Waals surface area contributed by atoms with Gasteiger partial charge in [-0.15, -0.1) is 0 Å². The molecule has 0 aliphatic carbocycles. The van der Waals surface area contributed by atoms with Gasteiger partial charge in [0.1, 0.15) is 5.70 Å². The predicted molar refractivity (Wildman–Crippen MR) is 29.3 cm³/mol. The fraction of sp³-hybridized carbons (Fsp3) is 0.400. The second-order valence-corrected chi connectivity index (χ2v) is 1.90. The van der Waals surface area contributed by atoms with Gasteiger partial charge in [0.25, 0.3) is 0 Å². The van der Waals surface area contributed by atoms with Gasteiger partial charge >= 0.3 is 6.18 Å². The van der Waals surface area contributed by atoms with Gasteiger partial charge in [-0.2, -0.15) is 13.2 Å². The quantitative estimate of drug-likeness (QED) is 0.556. The van der Waals surface area contributed by atoms with Crippen LogP contribution in [-0.2, 0) is 0 Å². The number of allylic oxidation sites excluding steroid dienone is 1. The minimum atomic E-state index is -4.26. The number of rotatable bonds is 0. The Bertz CT molecular complexity index is 161. The van der Waals surface area contributed by atoms with Crippen LogP contribution in [0.3, 0.4) is 0 Å². The summed E-state index contributed by atoms with van der Waals surface area (Å²) in [7, 11) is 1.31. The van der Waals surface area contributed by atoms with E-state index in [4.69, 9.17) is 0 Å². The van der Waals surface area contributed by atoms with E-state index in [1.165, 1.54) is 13.6 Å². The van der Waals surface area contributed by atoms with Crippen molar-refractivity contribution in [3.8, 4) is 0 Å². The maximum Gasteiger partial charge on any atom is 0.432 e. The van der Waals surface area contributed by atoms with Crippen LogP contribution in [-0.4, -0.2) is 18.2 Å². The van der Waals surface area contributed by atoms with E-state index in [2.05, 4.69) is 5.43 Å². The molecule has 1 heterocycles. The number of halogens is 3. The lowest BCUT2D eigenvalue weighted by molar-refractivity contribution is -0.110. The van der Waals surface area contributed by atoms with Crippen molar-refractivity contribution in [1.82, 2.24) is 10.4 Å². The molecule has 5 heteroatoms. The fourth-order valence-electron chi connectivity index (χ4n) is 0.694. The lowest BCUT2D eigenvalue weighted by Crippen LogP contribution is -2.31. The number of hydrogen-bond donors (Lipinski definition) is 1. The molecule has 0 amide bonds. The first kappa shape index (κ1) is 7.40. The first-order valence-corrected chi connectivity index (χ1v) is 2.62. The molecule has 0 atom stereocenters. The van der Waals surface area contributed by atoms with Gasteiger partial charge in [0.15, 0.2) is 0 Å². The minimum Gasteiger partial charge on any atom is -0.307 e. The van der Waals surface area contributed by atoms with E-state index < -0.39 is 11.9 Å². The summed E-state index contributed by atoms with van der Waals surface area (Å²) in [5.41, 5.74) is 1.70. The van der Waals surface area contributed by atoms with E-state index in [1.54, 1.807) is 0 Å². The Morgan fingerprint density at radius 1 is 1.50 bits per heavy atom. The van der Waals surface area contributed by atoms with Crippen molar-refractivity contribution in [3.05, 3.63) is 18.3 Å². The molecule has 0 saturated heterocycles. The lowest BCUT2D eigenvalue weighted by Gasteiger charge is -2.17. The molecular formula is C5H6F3N2. The largest absolute Gasteiger partial charge is 0.432 e. The molecule has 1 aliphatic rings. The summed E-state index contributed by atoms with van der Waals surface area (Å²) < 4.78 is 35.5. The van der Waals surface area contributed by atoms with Gasteiger partial charge in [-0.3, -0.25) is 0 Å². The summed E-state index contributed by atoms with van der Waals surface area (Å²) in [5, 5.41) is 0.917. The average Bonchev–Trinajstić information content (AvgIpc) is 2.11. The smallest absolute Gasteiger partial charge is 0.307 e. The van der Waals surface area contributed by atoms with Crippen LogP contribution in [0.2, 0.25) is 0 Å². The molecule has 10 heavy (non-hydrogen) atoms. The number of nitrogens with one attached hydrogen (secondary N) is 1. The molecular weight excluding hydrogens is 145 g/mol. The SMILES string of the molecule is CN1N[CH]C=C1C(F)(F)F. The lowest BCUT2D eigenvalue weighted by atomic mass is 10.4. The number of hydrogen-bond acceptors (Lipinski definition) is 2. The molecule has 2 nitrogen and oxygen atoms in total. The van der Waals surface area contributed by atoms with Gasteiger partial charge in [0.2, 0.25) is 0 Å². The van der Waals surface area contributed by atoms with Crippen molar-refractivity contribution >= 4 is 0 Å². The Kier molecular flexibility index (Phi) is 1.60. The zero-order chi connectivity index (χ0) is 7.78. The summed E-state index contributed by atoms with van der Waals surface area (Å²) in [6.45, 7) is 1.24. The van der Waals surface area contributed by atoms with Gasteiger partial charge in [0, 0.05) is 7.05 Å². The van der Waals surface area contributed by atoms with Gasteiger partial charge in [-0.25, -0.2) is 5.43 Å². The third-order valence-electron chi connectivity index (χ3n) is 1.16. The van der Waals surface area contributed by atoms with E-state index in [-0.39, 0.29) is 0 Å². The summed E-state index contributed by atoms with van der Waals surface area (Å²) in [6.07, 6.45) is -3.27. The summed E-state index contributed by atoms with van der Waals surface area (Å²) in [6, 6.07) is 0.